The van der Waals surface area contributed by atoms with E-state index >= 15 is 0 Å². The highest BCUT2D eigenvalue weighted by atomic mass is 16.7. The molecule has 0 radical (unpaired) electrons. The highest BCUT2D eigenvalue weighted by Crippen LogP contribution is 2.47. The summed E-state index contributed by atoms with van der Waals surface area (Å²) in [6.45, 7) is 20.1. The molecule has 2 aliphatic rings. The van der Waals surface area contributed by atoms with Crippen LogP contribution in [0.5, 0.6) is 0 Å². The van der Waals surface area contributed by atoms with Crippen LogP contribution in [0, 0.1) is 0 Å². The number of rotatable bonds is 2. The van der Waals surface area contributed by atoms with Gasteiger partial charge in [-0.1, -0.05) is 0 Å². The van der Waals surface area contributed by atoms with Crippen molar-refractivity contribution in [1.82, 2.24) is 0 Å². The van der Waals surface area contributed by atoms with E-state index in [-0.39, 0.29) is 0 Å². The van der Waals surface area contributed by atoms with E-state index in [1.165, 1.54) is 0 Å². The van der Waals surface area contributed by atoms with Gasteiger partial charge < -0.3 is 18.6 Å². The van der Waals surface area contributed by atoms with Gasteiger partial charge in [0.15, 0.2) is 0 Å². The van der Waals surface area contributed by atoms with Crippen LogP contribution in [-0.4, -0.2) is 35.9 Å². The molecule has 0 amide bonds. The van der Waals surface area contributed by atoms with Gasteiger partial charge in [-0.15, -0.1) is 6.58 Å². The van der Waals surface area contributed by atoms with Crippen LogP contribution in [0.1, 0.15) is 55.4 Å². The van der Waals surface area contributed by atoms with E-state index in [0.29, 0.717) is 0 Å². The molecule has 0 aromatic rings. The Morgan fingerprint density at radius 3 is 1.40 bits per heavy atom. The van der Waals surface area contributed by atoms with Gasteiger partial charge in [-0.05, 0) is 55.4 Å². The van der Waals surface area contributed by atoms with Crippen molar-refractivity contribution in [2.24, 2.45) is 0 Å². The van der Waals surface area contributed by atoms with Crippen LogP contribution < -0.4 is 0 Å². The van der Waals surface area contributed by atoms with E-state index < -0.39 is 35.9 Å². The molecule has 4 nitrogen and oxygen atoms in total. The summed E-state index contributed by atoms with van der Waals surface area (Å²) in [5, 5.41) is 0. The summed E-state index contributed by atoms with van der Waals surface area (Å²) in [7, 11) is -0.571. The van der Waals surface area contributed by atoms with E-state index in [1.54, 1.807) is 5.98 Å². The third-order valence-corrected chi connectivity index (χ3v) is 5.39. The molecular formula is C14H27B2O4-. The zero-order chi connectivity index (χ0) is 15.6. The quantitative estimate of drug-likeness (QED) is 0.729. The minimum atomic E-state index is -1.86. The van der Waals surface area contributed by atoms with Crippen molar-refractivity contribution in [2.75, 3.05) is 0 Å². The number of hydrogen-bond acceptors (Lipinski definition) is 4. The Labute approximate surface area is 123 Å². The molecule has 0 unspecified atom stereocenters. The molecule has 6 heteroatoms. The van der Waals surface area contributed by atoms with E-state index in [9.17, 15) is 0 Å². The van der Waals surface area contributed by atoms with Crippen LogP contribution in [0.25, 0.3) is 0 Å². The maximum Gasteiger partial charge on any atom is 0.332 e. The summed E-state index contributed by atoms with van der Waals surface area (Å²) in [6, 6.07) is 0. The normalized spacial score (nSPS) is 32.3. The Bertz CT molecular complexity index is 397. The molecule has 0 aromatic heterocycles. The van der Waals surface area contributed by atoms with Crippen LogP contribution in [0.2, 0.25) is 0 Å². The third-order valence-electron chi connectivity index (χ3n) is 5.39. The first-order valence-electron chi connectivity index (χ1n) is 7.33. The van der Waals surface area contributed by atoms with E-state index in [2.05, 4.69) is 6.58 Å². The van der Waals surface area contributed by atoms with Gasteiger partial charge in [-0.25, -0.2) is 0 Å². The summed E-state index contributed by atoms with van der Waals surface area (Å²) < 4.78 is 24.7. The Hall–Kier alpha value is -0.290. The maximum absolute atomic E-state index is 6.24. The molecule has 0 N–H and O–H groups in total. The molecule has 2 rings (SSSR count). The minimum absolute atomic E-state index is 0.418. The predicted molar refractivity (Wildman–Crippen MR) is 82.4 cm³/mol. The minimum Gasteiger partial charge on any atom is -0.560 e. The predicted octanol–water partition coefficient (Wildman–Crippen LogP) is 2.93. The molecule has 0 aromatic carbocycles. The summed E-state index contributed by atoms with van der Waals surface area (Å²) >= 11 is 0. The fraction of sp³-hybridized carbons (Fsp3) is 0.857. The topological polar surface area (TPSA) is 36.9 Å². The van der Waals surface area contributed by atoms with E-state index in [4.69, 9.17) is 18.6 Å². The van der Waals surface area contributed by atoms with E-state index in [1.807, 2.05) is 55.4 Å². The lowest BCUT2D eigenvalue weighted by atomic mass is 9.28. The van der Waals surface area contributed by atoms with Crippen molar-refractivity contribution in [3.05, 3.63) is 12.6 Å². The zero-order valence-corrected chi connectivity index (χ0v) is 14.1. The fourth-order valence-electron chi connectivity index (χ4n) is 2.63. The van der Waals surface area contributed by atoms with Gasteiger partial charge >= 0.3 is 7.01 Å². The molecule has 2 saturated heterocycles. The van der Waals surface area contributed by atoms with Crippen LogP contribution >= 0.6 is 0 Å². The van der Waals surface area contributed by atoms with Crippen LogP contribution in [0.15, 0.2) is 12.6 Å². The summed E-state index contributed by atoms with van der Waals surface area (Å²) in [5.74, 6) is 1.71. The monoisotopic (exact) mass is 281 g/mol. The SMILES string of the molecule is C=C[B-]1(B2OC(C)(C)C(C)(C)O2)OC(C)(C)C(C)(C)O1. The molecule has 114 valence electrons. The average molecular weight is 281 g/mol. The second kappa shape index (κ2) is 4.13. The molecule has 0 bridgehead atoms. The molecule has 0 atom stereocenters. The molecule has 0 aliphatic carbocycles. The lowest BCUT2D eigenvalue weighted by Gasteiger charge is -2.37. The first-order chi connectivity index (χ1) is 8.79. The Balaban J connectivity index is 2.35. The summed E-state index contributed by atoms with van der Waals surface area (Å²) in [4.78, 5) is 0. The summed E-state index contributed by atoms with van der Waals surface area (Å²) in [5.41, 5.74) is -1.71. The van der Waals surface area contributed by atoms with Crippen molar-refractivity contribution in [3.8, 4) is 0 Å². The van der Waals surface area contributed by atoms with Crippen LogP contribution in [-0.2, 0) is 18.6 Å². The Morgan fingerprint density at radius 1 is 0.750 bits per heavy atom. The van der Waals surface area contributed by atoms with Gasteiger partial charge in [0.2, 0.25) is 0 Å². The molecule has 0 spiro atoms. The molecular weight excluding hydrogens is 254 g/mol. The van der Waals surface area contributed by atoms with Gasteiger partial charge in [0.25, 0.3) is 6.44 Å². The highest BCUT2D eigenvalue weighted by Gasteiger charge is 2.62. The number of hydrogen-bond donors (Lipinski definition) is 0. The molecule has 2 fully saturated rings. The largest absolute Gasteiger partial charge is 0.560 e. The lowest BCUT2D eigenvalue weighted by molar-refractivity contribution is 0.00578. The van der Waals surface area contributed by atoms with Crippen molar-refractivity contribution < 1.29 is 18.6 Å². The molecule has 2 aliphatic heterocycles. The first-order valence-corrected chi connectivity index (χ1v) is 7.33. The van der Waals surface area contributed by atoms with Crippen molar-refractivity contribution in [3.63, 3.8) is 0 Å². The van der Waals surface area contributed by atoms with Gasteiger partial charge in [0.05, 0.1) is 11.2 Å². The van der Waals surface area contributed by atoms with Crippen molar-refractivity contribution in [2.45, 2.75) is 77.8 Å². The van der Waals surface area contributed by atoms with Gasteiger partial charge in [-0.3, -0.25) is 0 Å². The standard InChI is InChI=1S/C14H27B2O4/c1-10-16(19-13(6,7)14(8,9)20-16)15-17-11(2,3)12(4,5)18-15/h10H,1H2,2-9H3/q-1. The second-order valence-electron chi connectivity index (χ2n) is 7.95. The zero-order valence-electron chi connectivity index (χ0n) is 14.1. The van der Waals surface area contributed by atoms with Gasteiger partial charge in [0.1, 0.15) is 0 Å². The van der Waals surface area contributed by atoms with Crippen LogP contribution in [0.3, 0.4) is 0 Å². The molecule has 0 saturated carbocycles. The molecule has 2 heterocycles. The smallest absolute Gasteiger partial charge is 0.332 e. The van der Waals surface area contributed by atoms with Gasteiger partial charge in [0, 0.05) is 11.2 Å². The Morgan fingerprint density at radius 2 is 1.10 bits per heavy atom. The first kappa shape index (κ1) is 16.1. The third kappa shape index (κ3) is 2.08. The van der Waals surface area contributed by atoms with Gasteiger partial charge in [-0.2, -0.15) is 5.98 Å². The highest BCUT2D eigenvalue weighted by molar-refractivity contribution is 7.25. The van der Waals surface area contributed by atoms with Crippen molar-refractivity contribution in [1.29, 1.82) is 0 Å². The Kier molecular flexibility index (Phi) is 3.32. The van der Waals surface area contributed by atoms with Crippen molar-refractivity contribution >= 4 is 13.5 Å². The molecule has 20 heavy (non-hydrogen) atoms. The van der Waals surface area contributed by atoms with Crippen LogP contribution in [0.4, 0.5) is 0 Å². The average Bonchev–Trinajstić information content (AvgIpc) is 2.57. The lowest BCUT2D eigenvalue weighted by Crippen LogP contribution is -2.55. The van der Waals surface area contributed by atoms with E-state index in [0.717, 1.165) is 0 Å². The summed E-state index contributed by atoms with van der Waals surface area (Å²) in [6.07, 6.45) is -1.86. The fourth-order valence-corrected chi connectivity index (χ4v) is 2.63. The maximum atomic E-state index is 6.24. The second-order valence-corrected chi connectivity index (χ2v) is 7.95.